The van der Waals surface area contributed by atoms with E-state index in [1.807, 2.05) is 66.1 Å². The molecular formula is C42H26F6N4. The Balaban J connectivity index is 1.50. The minimum absolute atomic E-state index is 0.0329. The first-order valence-electron chi connectivity index (χ1n) is 16.3. The van der Waals surface area contributed by atoms with E-state index in [0.29, 0.717) is 28.9 Å². The summed E-state index contributed by atoms with van der Waals surface area (Å²) in [4.78, 5) is 14.2. The summed E-state index contributed by atoms with van der Waals surface area (Å²) >= 11 is 0. The molecule has 0 radical (unpaired) electrons. The van der Waals surface area contributed by atoms with E-state index < -0.39 is 29.0 Å². The molecule has 0 saturated carbocycles. The summed E-state index contributed by atoms with van der Waals surface area (Å²) in [7, 11) is 0. The van der Waals surface area contributed by atoms with Crippen LogP contribution >= 0.6 is 0 Å². The lowest BCUT2D eigenvalue weighted by Gasteiger charge is -2.22. The second-order valence-electron chi connectivity index (χ2n) is 12.4. The zero-order valence-electron chi connectivity index (χ0n) is 27.3. The number of halogens is 6. The zero-order valence-corrected chi connectivity index (χ0v) is 27.3. The minimum Gasteiger partial charge on any atom is -0.309 e. The van der Waals surface area contributed by atoms with Gasteiger partial charge in [-0.2, -0.15) is 26.3 Å². The van der Waals surface area contributed by atoms with Gasteiger partial charge in [-0.25, -0.2) is 15.0 Å². The Bertz CT molecular complexity index is 2520. The Kier molecular flexibility index (Phi) is 7.90. The summed E-state index contributed by atoms with van der Waals surface area (Å²) in [6, 6.07) is 38.0. The molecular weight excluding hydrogens is 674 g/mol. The highest BCUT2D eigenvalue weighted by atomic mass is 19.4. The van der Waals surface area contributed by atoms with Crippen LogP contribution in [0.3, 0.4) is 0 Å². The van der Waals surface area contributed by atoms with Crippen molar-refractivity contribution in [3.05, 3.63) is 156 Å². The Morgan fingerprint density at radius 1 is 0.462 bits per heavy atom. The van der Waals surface area contributed by atoms with Crippen LogP contribution in [-0.4, -0.2) is 19.5 Å². The number of fused-ring (bicyclic) bond motifs is 3. The van der Waals surface area contributed by atoms with Crippen molar-refractivity contribution in [3.8, 4) is 51.0 Å². The lowest BCUT2D eigenvalue weighted by Crippen LogP contribution is -2.14. The zero-order chi connectivity index (χ0) is 36.2. The van der Waals surface area contributed by atoms with Gasteiger partial charge in [0.2, 0.25) is 0 Å². The molecule has 256 valence electrons. The third-order valence-electron chi connectivity index (χ3n) is 8.97. The topological polar surface area (TPSA) is 43.6 Å². The van der Waals surface area contributed by atoms with Gasteiger partial charge in [0.05, 0.1) is 22.2 Å². The van der Waals surface area contributed by atoms with Gasteiger partial charge in [0, 0.05) is 38.7 Å². The maximum Gasteiger partial charge on any atom is 0.417 e. The van der Waals surface area contributed by atoms with Crippen LogP contribution in [0.15, 0.2) is 140 Å². The fourth-order valence-electron chi connectivity index (χ4n) is 6.68. The van der Waals surface area contributed by atoms with Crippen molar-refractivity contribution in [3.63, 3.8) is 0 Å². The molecule has 0 bridgehead atoms. The first-order chi connectivity index (χ1) is 25.0. The molecule has 0 N–H and O–H groups in total. The van der Waals surface area contributed by atoms with E-state index >= 15 is 0 Å². The van der Waals surface area contributed by atoms with Gasteiger partial charge in [0.1, 0.15) is 0 Å². The molecule has 0 fully saturated rings. The van der Waals surface area contributed by atoms with Crippen LogP contribution in [0.4, 0.5) is 26.3 Å². The quantitative estimate of drug-likeness (QED) is 0.168. The van der Waals surface area contributed by atoms with Crippen LogP contribution < -0.4 is 0 Å². The van der Waals surface area contributed by atoms with Crippen LogP contribution in [0.25, 0.3) is 72.8 Å². The number of aryl methyl sites for hydroxylation is 1. The Morgan fingerprint density at radius 2 is 1.00 bits per heavy atom. The maximum atomic E-state index is 14.7. The number of aromatic nitrogens is 4. The highest BCUT2D eigenvalue weighted by Gasteiger charge is 2.41. The van der Waals surface area contributed by atoms with Crippen molar-refractivity contribution in [2.45, 2.75) is 19.3 Å². The monoisotopic (exact) mass is 700 g/mol. The molecule has 8 rings (SSSR count). The molecule has 52 heavy (non-hydrogen) atoms. The molecule has 0 spiro atoms. The molecule has 0 unspecified atom stereocenters. The third-order valence-corrected chi connectivity index (χ3v) is 8.97. The van der Waals surface area contributed by atoms with E-state index in [0.717, 1.165) is 33.4 Å². The van der Waals surface area contributed by atoms with E-state index in [1.54, 1.807) is 54.6 Å². The van der Waals surface area contributed by atoms with Gasteiger partial charge in [-0.15, -0.1) is 0 Å². The number of benzene rings is 6. The summed E-state index contributed by atoms with van der Waals surface area (Å²) in [5, 5.41) is 1.88. The second-order valence-corrected chi connectivity index (χ2v) is 12.4. The van der Waals surface area contributed by atoms with Crippen molar-refractivity contribution >= 4 is 21.8 Å². The van der Waals surface area contributed by atoms with Crippen molar-refractivity contribution in [2.75, 3.05) is 0 Å². The smallest absolute Gasteiger partial charge is 0.309 e. The fourth-order valence-corrected chi connectivity index (χ4v) is 6.68. The van der Waals surface area contributed by atoms with Gasteiger partial charge in [-0.3, -0.25) is 0 Å². The Morgan fingerprint density at radius 3 is 1.60 bits per heavy atom. The van der Waals surface area contributed by atoms with Crippen LogP contribution in [0, 0.1) is 6.92 Å². The number of para-hydroxylation sites is 1. The lowest BCUT2D eigenvalue weighted by molar-refractivity contribution is -0.142. The summed E-state index contributed by atoms with van der Waals surface area (Å²) in [5.74, 6) is 0.313. The SMILES string of the molecule is Cc1ccc2c(c1)c1ccccc1n2-c1ccc(-c2c(C(F)(F)F)cccc2C(F)(F)F)c(-c2nc(-c3ccccc3)nc(-c3ccccc3)n2)c1. The van der Waals surface area contributed by atoms with Gasteiger partial charge in [0.15, 0.2) is 17.5 Å². The normalized spacial score (nSPS) is 12.1. The molecule has 0 aliphatic rings. The molecule has 0 aliphatic heterocycles. The molecule has 0 atom stereocenters. The van der Waals surface area contributed by atoms with Crippen LogP contribution in [0.2, 0.25) is 0 Å². The largest absolute Gasteiger partial charge is 0.417 e. The first-order valence-corrected chi connectivity index (χ1v) is 16.3. The second kappa shape index (κ2) is 12.5. The number of nitrogens with zero attached hydrogens (tertiary/aromatic N) is 4. The van der Waals surface area contributed by atoms with Crippen molar-refractivity contribution < 1.29 is 26.3 Å². The molecule has 0 aliphatic carbocycles. The fraction of sp³-hybridized carbons (Fsp3) is 0.0714. The van der Waals surface area contributed by atoms with Crippen LogP contribution in [-0.2, 0) is 12.4 Å². The van der Waals surface area contributed by atoms with E-state index in [4.69, 9.17) is 15.0 Å². The first kappa shape index (κ1) is 32.9. The molecule has 6 aromatic carbocycles. The van der Waals surface area contributed by atoms with E-state index in [1.165, 1.54) is 12.1 Å². The van der Waals surface area contributed by atoms with Gasteiger partial charge < -0.3 is 4.57 Å². The Labute approximate surface area is 293 Å². The summed E-state index contributed by atoms with van der Waals surface area (Å²) in [6.07, 6.45) is -10.2. The molecule has 10 heteroatoms. The summed E-state index contributed by atoms with van der Waals surface area (Å²) < 4.78 is 90.0. The molecule has 0 amide bonds. The predicted molar refractivity (Wildman–Crippen MR) is 191 cm³/mol. The van der Waals surface area contributed by atoms with Crippen molar-refractivity contribution in [1.82, 2.24) is 19.5 Å². The molecule has 2 heterocycles. The average Bonchev–Trinajstić information content (AvgIpc) is 3.47. The number of alkyl halides is 6. The van der Waals surface area contributed by atoms with Crippen molar-refractivity contribution in [1.29, 1.82) is 0 Å². The lowest BCUT2D eigenvalue weighted by atomic mass is 9.89. The number of rotatable bonds is 5. The summed E-state index contributed by atoms with van der Waals surface area (Å²) in [5.41, 5.74) is 0.0901. The highest BCUT2D eigenvalue weighted by molar-refractivity contribution is 6.09. The van der Waals surface area contributed by atoms with E-state index in [-0.39, 0.29) is 28.6 Å². The summed E-state index contributed by atoms with van der Waals surface area (Å²) in [6.45, 7) is 1.98. The minimum atomic E-state index is -5.11. The third kappa shape index (κ3) is 5.85. The standard InChI is InChI=1S/C42H26F6N4/c1-25-19-22-36-31(23-25)29-15-8-9-18-35(29)52(36)28-20-21-30(37-33(41(43,44)45)16-10-17-34(37)42(46,47)48)32(24-28)40-50-38(26-11-4-2-5-12-26)49-39(51-40)27-13-6-3-7-14-27/h2-24H,1H3. The van der Waals surface area contributed by atoms with Crippen LogP contribution in [0.1, 0.15) is 16.7 Å². The molecule has 8 aromatic rings. The van der Waals surface area contributed by atoms with E-state index in [9.17, 15) is 26.3 Å². The highest BCUT2D eigenvalue weighted by Crippen LogP contribution is 2.47. The maximum absolute atomic E-state index is 14.7. The molecule has 2 aromatic heterocycles. The predicted octanol–water partition coefficient (Wildman–Crippen LogP) is 12.0. The number of hydrogen-bond acceptors (Lipinski definition) is 3. The van der Waals surface area contributed by atoms with Crippen LogP contribution in [0.5, 0.6) is 0 Å². The molecule has 0 saturated heterocycles. The average molecular weight is 701 g/mol. The van der Waals surface area contributed by atoms with Gasteiger partial charge in [0.25, 0.3) is 0 Å². The van der Waals surface area contributed by atoms with Gasteiger partial charge in [-0.1, -0.05) is 103 Å². The molecule has 4 nitrogen and oxygen atoms in total. The van der Waals surface area contributed by atoms with Gasteiger partial charge in [-0.05, 0) is 55.0 Å². The van der Waals surface area contributed by atoms with Crippen molar-refractivity contribution in [2.24, 2.45) is 0 Å². The van der Waals surface area contributed by atoms with E-state index in [2.05, 4.69) is 0 Å². The number of hydrogen-bond donors (Lipinski definition) is 0. The van der Waals surface area contributed by atoms with Gasteiger partial charge >= 0.3 is 12.4 Å². The Hall–Kier alpha value is -6.29.